The Morgan fingerprint density at radius 3 is 2.86 bits per heavy atom. The lowest BCUT2D eigenvalue weighted by Gasteiger charge is -2.20. The van der Waals surface area contributed by atoms with Crippen molar-refractivity contribution < 1.29 is 4.74 Å². The topological polar surface area (TPSA) is 37.4 Å². The van der Waals surface area contributed by atoms with E-state index < -0.39 is 0 Å². The van der Waals surface area contributed by atoms with E-state index in [0.29, 0.717) is 0 Å². The fraction of sp³-hybridized carbons (Fsp3) is 0.706. The quantitative estimate of drug-likeness (QED) is 0.673. The standard InChI is InChI=1S/C17H29N3O/c1-4-6-16-11-14(13-18-15-7-8-15)12-17(19-16)20(2)9-5-10-21-3/h11-12,15,18H,4-10,13H2,1-3H3. The maximum Gasteiger partial charge on any atom is 0.128 e. The Kier molecular flexibility index (Phi) is 6.46. The first-order valence-electron chi connectivity index (χ1n) is 8.16. The summed E-state index contributed by atoms with van der Waals surface area (Å²) < 4.78 is 5.13. The van der Waals surface area contributed by atoms with Gasteiger partial charge in [-0.1, -0.05) is 13.3 Å². The van der Waals surface area contributed by atoms with Crippen LogP contribution >= 0.6 is 0 Å². The predicted octanol–water partition coefficient (Wildman–Crippen LogP) is 2.76. The van der Waals surface area contributed by atoms with Crippen molar-refractivity contribution in [3.05, 3.63) is 23.4 Å². The number of aryl methyl sites for hydroxylation is 1. The Bertz CT molecular complexity index is 432. The lowest BCUT2D eigenvalue weighted by molar-refractivity contribution is 0.196. The molecule has 4 heteroatoms. The summed E-state index contributed by atoms with van der Waals surface area (Å²) in [6.07, 6.45) is 5.88. The summed E-state index contributed by atoms with van der Waals surface area (Å²) in [6.45, 7) is 4.95. The van der Waals surface area contributed by atoms with Gasteiger partial charge in [0.1, 0.15) is 5.82 Å². The minimum atomic E-state index is 0.746. The van der Waals surface area contributed by atoms with E-state index in [1.807, 2.05) is 0 Å². The molecule has 2 rings (SSSR count). The highest BCUT2D eigenvalue weighted by Crippen LogP contribution is 2.21. The third-order valence-electron chi connectivity index (χ3n) is 3.84. The molecule has 1 aromatic rings. The van der Waals surface area contributed by atoms with Crippen molar-refractivity contribution in [1.29, 1.82) is 0 Å². The lowest BCUT2D eigenvalue weighted by Crippen LogP contribution is -2.22. The van der Waals surface area contributed by atoms with Crippen molar-refractivity contribution in [3.63, 3.8) is 0 Å². The molecule has 1 aliphatic carbocycles. The van der Waals surface area contributed by atoms with Crippen LogP contribution in [0.25, 0.3) is 0 Å². The van der Waals surface area contributed by atoms with Crippen LogP contribution in [0.3, 0.4) is 0 Å². The zero-order valence-electron chi connectivity index (χ0n) is 13.7. The molecule has 1 N–H and O–H groups in total. The second kappa shape index (κ2) is 8.35. The number of ether oxygens (including phenoxy) is 1. The Morgan fingerprint density at radius 1 is 1.38 bits per heavy atom. The molecule has 118 valence electrons. The molecular formula is C17H29N3O. The molecule has 1 aromatic heterocycles. The molecule has 21 heavy (non-hydrogen) atoms. The molecule has 0 bridgehead atoms. The van der Waals surface area contributed by atoms with Crippen LogP contribution in [0.15, 0.2) is 12.1 Å². The second-order valence-electron chi connectivity index (χ2n) is 6.00. The molecule has 1 aliphatic rings. The van der Waals surface area contributed by atoms with E-state index in [2.05, 4.69) is 36.3 Å². The van der Waals surface area contributed by atoms with E-state index in [9.17, 15) is 0 Å². The molecule has 0 aromatic carbocycles. The van der Waals surface area contributed by atoms with Gasteiger partial charge in [-0.2, -0.15) is 0 Å². The van der Waals surface area contributed by atoms with Crippen LogP contribution in [0.4, 0.5) is 5.82 Å². The van der Waals surface area contributed by atoms with Crippen molar-refractivity contribution in [3.8, 4) is 0 Å². The normalized spacial score (nSPS) is 14.4. The first-order chi connectivity index (χ1) is 10.2. The summed E-state index contributed by atoms with van der Waals surface area (Å²) in [7, 11) is 3.87. The summed E-state index contributed by atoms with van der Waals surface area (Å²) >= 11 is 0. The summed E-state index contributed by atoms with van der Waals surface area (Å²) in [6, 6.07) is 5.22. The van der Waals surface area contributed by atoms with Crippen LogP contribution in [-0.4, -0.2) is 38.3 Å². The van der Waals surface area contributed by atoms with Crippen molar-refractivity contribution in [2.24, 2.45) is 0 Å². The fourth-order valence-corrected chi connectivity index (χ4v) is 2.43. The van der Waals surface area contributed by atoms with Gasteiger partial charge in [-0.05, 0) is 43.4 Å². The highest BCUT2D eigenvalue weighted by Gasteiger charge is 2.20. The van der Waals surface area contributed by atoms with Crippen LogP contribution in [0.5, 0.6) is 0 Å². The number of nitrogens with zero attached hydrogens (tertiary/aromatic N) is 2. The molecule has 0 radical (unpaired) electrons. The zero-order valence-corrected chi connectivity index (χ0v) is 13.7. The molecule has 0 unspecified atom stereocenters. The minimum absolute atomic E-state index is 0.746. The van der Waals surface area contributed by atoms with Crippen LogP contribution in [0.2, 0.25) is 0 Å². The average molecular weight is 291 g/mol. The van der Waals surface area contributed by atoms with Crippen LogP contribution in [-0.2, 0) is 17.7 Å². The lowest BCUT2D eigenvalue weighted by atomic mass is 10.1. The molecule has 1 saturated carbocycles. The van der Waals surface area contributed by atoms with E-state index in [1.54, 1.807) is 7.11 Å². The molecule has 1 fully saturated rings. The van der Waals surface area contributed by atoms with Gasteiger partial charge in [0.15, 0.2) is 0 Å². The molecule has 4 nitrogen and oxygen atoms in total. The van der Waals surface area contributed by atoms with E-state index in [-0.39, 0.29) is 0 Å². The van der Waals surface area contributed by atoms with Crippen molar-refractivity contribution in [1.82, 2.24) is 10.3 Å². The van der Waals surface area contributed by atoms with Gasteiger partial charge in [0.25, 0.3) is 0 Å². The van der Waals surface area contributed by atoms with Crippen LogP contribution in [0, 0.1) is 0 Å². The maximum atomic E-state index is 5.13. The molecule has 0 saturated heterocycles. The number of anilines is 1. The number of hydrogen-bond acceptors (Lipinski definition) is 4. The Labute approximate surface area is 128 Å². The summed E-state index contributed by atoms with van der Waals surface area (Å²) in [5, 5.41) is 3.59. The SMILES string of the molecule is CCCc1cc(CNC2CC2)cc(N(C)CCCOC)n1. The highest BCUT2D eigenvalue weighted by molar-refractivity contribution is 5.42. The van der Waals surface area contributed by atoms with Gasteiger partial charge >= 0.3 is 0 Å². The Hall–Kier alpha value is -1.13. The summed E-state index contributed by atoms with van der Waals surface area (Å²) in [4.78, 5) is 7.04. The molecule has 0 spiro atoms. The maximum absolute atomic E-state index is 5.13. The average Bonchev–Trinajstić information content (AvgIpc) is 3.30. The van der Waals surface area contributed by atoms with Crippen molar-refractivity contribution in [2.75, 3.05) is 32.2 Å². The largest absolute Gasteiger partial charge is 0.385 e. The van der Waals surface area contributed by atoms with Crippen LogP contribution in [0.1, 0.15) is 43.9 Å². The highest BCUT2D eigenvalue weighted by atomic mass is 16.5. The third-order valence-corrected chi connectivity index (χ3v) is 3.84. The summed E-state index contributed by atoms with van der Waals surface area (Å²) in [5.74, 6) is 1.09. The van der Waals surface area contributed by atoms with E-state index >= 15 is 0 Å². The molecule has 0 atom stereocenters. The number of methoxy groups -OCH3 is 1. The van der Waals surface area contributed by atoms with Gasteiger partial charge < -0.3 is 15.0 Å². The monoisotopic (exact) mass is 291 g/mol. The smallest absolute Gasteiger partial charge is 0.128 e. The van der Waals surface area contributed by atoms with Gasteiger partial charge in [-0.15, -0.1) is 0 Å². The molecule has 0 amide bonds. The zero-order chi connectivity index (χ0) is 15.1. The number of nitrogens with one attached hydrogen (secondary N) is 1. The first kappa shape index (κ1) is 16.2. The second-order valence-corrected chi connectivity index (χ2v) is 6.00. The summed E-state index contributed by atoms with van der Waals surface area (Å²) in [5.41, 5.74) is 2.56. The van der Waals surface area contributed by atoms with Gasteiger partial charge in [0, 0.05) is 45.6 Å². The van der Waals surface area contributed by atoms with Gasteiger partial charge in [0.2, 0.25) is 0 Å². The first-order valence-corrected chi connectivity index (χ1v) is 8.16. The number of pyridine rings is 1. The number of rotatable bonds is 10. The van der Waals surface area contributed by atoms with E-state index in [4.69, 9.17) is 9.72 Å². The predicted molar refractivity (Wildman–Crippen MR) is 87.9 cm³/mol. The third kappa shape index (κ3) is 5.64. The minimum Gasteiger partial charge on any atom is -0.385 e. The van der Waals surface area contributed by atoms with Crippen molar-refractivity contribution in [2.45, 2.75) is 51.6 Å². The van der Waals surface area contributed by atoms with Gasteiger partial charge in [0.05, 0.1) is 0 Å². The number of aromatic nitrogens is 1. The van der Waals surface area contributed by atoms with Crippen LogP contribution < -0.4 is 10.2 Å². The number of hydrogen-bond donors (Lipinski definition) is 1. The molecule has 1 heterocycles. The molecule has 0 aliphatic heterocycles. The van der Waals surface area contributed by atoms with Gasteiger partial charge in [-0.25, -0.2) is 4.98 Å². The van der Waals surface area contributed by atoms with E-state index in [1.165, 1.54) is 24.1 Å². The van der Waals surface area contributed by atoms with E-state index in [0.717, 1.165) is 50.8 Å². The Morgan fingerprint density at radius 2 is 2.19 bits per heavy atom. The fourth-order valence-electron chi connectivity index (χ4n) is 2.43. The Balaban J connectivity index is 2.01. The van der Waals surface area contributed by atoms with Crippen molar-refractivity contribution >= 4 is 5.82 Å². The van der Waals surface area contributed by atoms with Gasteiger partial charge in [-0.3, -0.25) is 0 Å². The molecular weight excluding hydrogens is 262 g/mol.